The average molecular weight is 373 g/mol. The first kappa shape index (κ1) is 21.0. The molecule has 0 saturated heterocycles. The number of sulfone groups is 1. The van der Waals surface area contributed by atoms with Crippen LogP contribution in [-0.2, 0) is 21.1 Å². The van der Waals surface area contributed by atoms with Gasteiger partial charge >= 0.3 is 5.97 Å². The predicted molar refractivity (Wildman–Crippen MR) is 96.5 cm³/mol. The van der Waals surface area contributed by atoms with Crippen LogP contribution in [0.4, 0.5) is 0 Å². The number of methoxy groups -OCH3 is 1. The number of aryl methyl sites for hydroxylation is 1. The van der Waals surface area contributed by atoms with Crippen molar-refractivity contribution in [2.75, 3.05) is 25.7 Å². The topological polar surface area (TPSA) is 110 Å². The van der Waals surface area contributed by atoms with E-state index in [2.05, 4.69) is 15.6 Å². The molecule has 1 atom stereocenters. The third kappa shape index (κ3) is 7.59. The zero-order valence-corrected chi connectivity index (χ0v) is 16.2. The van der Waals surface area contributed by atoms with Crippen molar-refractivity contribution < 1.29 is 22.4 Å². The van der Waals surface area contributed by atoms with Crippen molar-refractivity contribution >= 4 is 21.8 Å². The molecule has 1 aromatic heterocycles. The average Bonchev–Trinajstić information content (AvgIpc) is 2.90. The zero-order chi connectivity index (χ0) is 19.0. The highest BCUT2D eigenvalue weighted by Gasteiger charge is 2.15. The molecule has 0 aliphatic carbocycles. The van der Waals surface area contributed by atoms with Gasteiger partial charge in [0.1, 0.15) is 33.5 Å². The zero-order valence-electron chi connectivity index (χ0n) is 15.4. The Morgan fingerprint density at radius 2 is 2.12 bits per heavy atom. The van der Waals surface area contributed by atoms with Crippen molar-refractivity contribution in [2.24, 2.45) is 4.99 Å². The molecule has 0 aromatic carbocycles. The largest absolute Gasteiger partial charge is 0.465 e. The Hall–Kier alpha value is -2.03. The fourth-order valence-corrected chi connectivity index (χ4v) is 2.89. The number of esters is 1. The van der Waals surface area contributed by atoms with Crippen LogP contribution in [0.5, 0.6) is 0 Å². The molecule has 2 N–H and O–H groups in total. The number of nitrogens with one attached hydrogen (secondary N) is 2. The van der Waals surface area contributed by atoms with Crippen LogP contribution in [-0.4, -0.2) is 52.1 Å². The molecule has 0 aliphatic rings. The minimum atomic E-state index is -2.99. The van der Waals surface area contributed by atoms with Gasteiger partial charge in [-0.15, -0.1) is 0 Å². The minimum absolute atomic E-state index is 0.0588. The molecule has 25 heavy (non-hydrogen) atoms. The molecule has 1 rings (SSSR count). The number of hydrogen-bond acceptors (Lipinski definition) is 6. The van der Waals surface area contributed by atoms with E-state index in [0.717, 1.165) is 0 Å². The number of aliphatic imine (C=N–C) groups is 1. The summed E-state index contributed by atoms with van der Waals surface area (Å²) in [7, 11) is -1.68. The first-order valence-electron chi connectivity index (χ1n) is 8.06. The molecule has 0 amide bonds. The lowest BCUT2D eigenvalue weighted by molar-refractivity contribution is 0.0599. The first-order chi connectivity index (χ1) is 11.7. The van der Waals surface area contributed by atoms with Crippen molar-refractivity contribution in [3.63, 3.8) is 0 Å². The van der Waals surface area contributed by atoms with Gasteiger partial charge in [0.05, 0.1) is 12.9 Å². The summed E-state index contributed by atoms with van der Waals surface area (Å²) < 4.78 is 32.7. The third-order valence-corrected chi connectivity index (χ3v) is 4.39. The van der Waals surface area contributed by atoms with E-state index < -0.39 is 15.8 Å². The Kier molecular flexibility index (Phi) is 7.95. The van der Waals surface area contributed by atoms with E-state index >= 15 is 0 Å². The van der Waals surface area contributed by atoms with Crippen LogP contribution in [0.3, 0.4) is 0 Å². The summed E-state index contributed by atoms with van der Waals surface area (Å²) in [5, 5.41) is 6.25. The summed E-state index contributed by atoms with van der Waals surface area (Å²) in [4.78, 5) is 16.0. The van der Waals surface area contributed by atoms with Gasteiger partial charge in [0, 0.05) is 18.8 Å². The fourth-order valence-electron chi connectivity index (χ4n) is 2.11. The van der Waals surface area contributed by atoms with Crippen LogP contribution in [0.15, 0.2) is 15.5 Å². The second kappa shape index (κ2) is 9.45. The molecule has 0 radical (unpaired) electrons. The number of carbonyl (C=O) groups excluding carboxylic acids is 1. The maximum Gasteiger partial charge on any atom is 0.341 e. The molecular formula is C16H27N3O5S. The van der Waals surface area contributed by atoms with Crippen LogP contribution < -0.4 is 10.6 Å². The van der Waals surface area contributed by atoms with Crippen molar-refractivity contribution in [2.45, 2.75) is 39.8 Å². The number of hydrogen-bond donors (Lipinski definition) is 2. The summed E-state index contributed by atoms with van der Waals surface area (Å²) in [5.41, 5.74) is 0.382. The van der Waals surface area contributed by atoms with E-state index in [1.807, 2.05) is 13.8 Å². The van der Waals surface area contributed by atoms with Gasteiger partial charge in [0.2, 0.25) is 0 Å². The summed E-state index contributed by atoms with van der Waals surface area (Å²) in [6, 6.07) is 1.55. The van der Waals surface area contributed by atoms with E-state index in [-0.39, 0.29) is 18.3 Å². The lowest BCUT2D eigenvalue weighted by Crippen LogP contribution is -2.42. The van der Waals surface area contributed by atoms with Crippen molar-refractivity contribution in [3.8, 4) is 0 Å². The third-order valence-electron chi connectivity index (χ3n) is 3.42. The molecule has 142 valence electrons. The molecule has 0 saturated carbocycles. The highest BCUT2D eigenvalue weighted by Crippen LogP contribution is 2.16. The number of nitrogens with zero attached hydrogens (tertiary/aromatic N) is 1. The smallest absolute Gasteiger partial charge is 0.341 e. The summed E-state index contributed by atoms with van der Waals surface area (Å²) in [6.45, 7) is 6.42. The van der Waals surface area contributed by atoms with Gasteiger partial charge in [-0.1, -0.05) is 0 Å². The summed E-state index contributed by atoms with van der Waals surface area (Å²) >= 11 is 0. The molecule has 9 heteroatoms. The van der Waals surface area contributed by atoms with Gasteiger partial charge in [-0.25, -0.2) is 18.2 Å². The number of ether oxygens (including phenoxy) is 1. The predicted octanol–water partition coefficient (Wildman–Crippen LogP) is 1.25. The van der Waals surface area contributed by atoms with Crippen LogP contribution in [0.25, 0.3) is 0 Å². The molecule has 0 aliphatic heterocycles. The number of rotatable bonds is 8. The second-order valence-corrected chi connectivity index (χ2v) is 8.09. The molecular weight excluding hydrogens is 346 g/mol. The van der Waals surface area contributed by atoms with Gasteiger partial charge < -0.3 is 19.8 Å². The molecule has 1 heterocycles. The second-order valence-electron chi connectivity index (χ2n) is 5.83. The van der Waals surface area contributed by atoms with E-state index in [0.29, 0.717) is 36.0 Å². The number of furan rings is 1. The quantitative estimate of drug-likeness (QED) is 0.401. The maximum absolute atomic E-state index is 11.6. The maximum atomic E-state index is 11.6. The fraction of sp³-hybridized carbons (Fsp3) is 0.625. The lowest BCUT2D eigenvalue weighted by atomic mass is 10.2. The normalized spacial score (nSPS) is 13.4. The molecule has 8 nitrogen and oxygen atoms in total. The Morgan fingerprint density at radius 3 is 2.68 bits per heavy atom. The summed E-state index contributed by atoms with van der Waals surface area (Å²) in [5.74, 6) is 1.24. The Balaban J connectivity index is 2.74. The van der Waals surface area contributed by atoms with E-state index in [9.17, 15) is 13.2 Å². The molecule has 0 bridgehead atoms. The first-order valence-corrected chi connectivity index (χ1v) is 10.1. The minimum Gasteiger partial charge on any atom is -0.465 e. The van der Waals surface area contributed by atoms with E-state index in [4.69, 9.17) is 9.15 Å². The van der Waals surface area contributed by atoms with Gasteiger partial charge in [0.25, 0.3) is 0 Å². The van der Waals surface area contributed by atoms with Crippen molar-refractivity contribution in [1.29, 1.82) is 0 Å². The highest BCUT2D eigenvalue weighted by atomic mass is 32.2. The Morgan fingerprint density at radius 1 is 1.44 bits per heavy atom. The van der Waals surface area contributed by atoms with Crippen LogP contribution in [0.1, 0.15) is 42.1 Å². The monoisotopic (exact) mass is 373 g/mol. The molecule has 1 aromatic rings. The number of carbonyl (C=O) groups is 1. The van der Waals surface area contributed by atoms with Crippen LogP contribution in [0.2, 0.25) is 0 Å². The van der Waals surface area contributed by atoms with Gasteiger partial charge in [-0.05, 0) is 33.3 Å². The van der Waals surface area contributed by atoms with Gasteiger partial charge in [-0.2, -0.15) is 0 Å². The number of guanidine groups is 1. The van der Waals surface area contributed by atoms with Crippen LogP contribution >= 0.6 is 0 Å². The molecule has 0 fully saturated rings. The van der Waals surface area contributed by atoms with Crippen molar-refractivity contribution in [1.82, 2.24) is 10.6 Å². The Labute approximate surface area is 149 Å². The van der Waals surface area contributed by atoms with E-state index in [1.54, 1.807) is 13.0 Å². The Bertz CT molecular complexity index is 709. The SMILES string of the molecule is CCNC(=NCc1cc(C(=O)OC)c(C)o1)NC(C)CCS(C)(=O)=O. The summed E-state index contributed by atoms with van der Waals surface area (Å²) in [6.07, 6.45) is 1.70. The lowest BCUT2D eigenvalue weighted by Gasteiger charge is -2.17. The molecule has 0 spiro atoms. The van der Waals surface area contributed by atoms with Crippen LogP contribution in [0, 0.1) is 6.92 Å². The van der Waals surface area contributed by atoms with Crippen molar-refractivity contribution in [3.05, 3.63) is 23.2 Å². The molecule has 1 unspecified atom stereocenters. The standard InChI is InChI=1S/C16H27N3O5S/c1-6-17-16(19-11(2)7-8-25(5,21)22)18-10-13-9-14(12(3)24-13)15(20)23-4/h9,11H,6-8,10H2,1-5H3,(H2,17,18,19). The van der Waals surface area contributed by atoms with Gasteiger partial charge in [0.15, 0.2) is 5.96 Å². The highest BCUT2D eigenvalue weighted by molar-refractivity contribution is 7.90. The van der Waals surface area contributed by atoms with E-state index in [1.165, 1.54) is 13.4 Å². The van der Waals surface area contributed by atoms with Gasteiger partial charge in [-0.3, -0.25) is 0 Å².